The summed E-state index contributed by atoms with van der Waals surface area (Å²) < 4.78 is 27.2. The molecule has 1 aliphatic carbocycles. The van der Waals surface area contributed by atoms with Gasteiger partial charge in [0.15, 0.2) is 15.9 Å². The number of hydrogen-bond donors (Lipinski definition) is 5. The fourth-order valence-electron chi connectivity index (χ4n) is 1.93. The van der Waals surface area contributed by atoms with Crippen molar-refractivity contribution in [3.63, 3.8) is 0 Å². The van der Waals surface area contributed by atoms with Crippen LogP contribution in [0.3, 0.4) is 0 Å². The van der Waals surface area contributed by atoms with E-state index >= 15 is 0 Å². The molecule has 0 spiro atoms. The Morgan fingerprint density at radius 2 is 1.38 bits per heavy atom. The van der Waals surface area contributed by atoms with Crippen LogP contribution in [0.5, 0.6) is 0 Å². The number of aliphatic hydroxyl groups is 5. The molecule has 0 aromatic rings. The molecule has 2 unspecified atom stereocenters. The van der Waals surface area contributed by atoms with Crippen LogP contribution in [-0.4, -0.2) is 88.0 Å². The molecule has 10 heteroatoms. The molecule has 0 amide bonds. The summed E-state index contributed by atoms with van der Waals surface area (Å²) in [7, 11) is -3.38. The van der Waals surface area contributed by atoms with Gasteiger partial charge >= 0.3 is 5.97 Å². The Balaban J connectivity index is 2.66. The van der Waals surface area contributed by atoms with Crippen molar-refractivity contribution in [2.24, 2.45) is 0 Å². The average Bonchev–Trinajstić information content (AvgIpc) is 2.45. The number of sulfone groups is 1. The fourth-order valence-corrected chi connectivity index (χ4v) is 2.70. The van der Waals surface area contributed by atoms with Gasteiger partial charge in [-0.25, -0.2) is 8.42 Å². The van der Waals surface area contributed by atoms with Crippen LogP contribution in [0.4, 0.5) is 0 Å². The molecule has 1 rings (SSSR count). The Morgan fingerprint density at radius 1 is 0.952 bits per heavy atom. The second-order valence-corrected chi connectivity index (χ2v) is 7.37. The van der Waals surface area contributed by atoms with E-state index in [1.165, 1.54) is 6.92 Å². The molecule has 124 valence electrons. The zero-order chi connectivity index (χ0) is 16.4. The number of aliphatic hydroxyl groups excluding tert-OH is 5. The maximum absolute atomic E-state index is 11.5. The van der Waals surface area contributed by atoms with E-state index in [2.05, 4.69) is 0 Å². The molecule has 6 atom stereocenters. The molecule has 0 aliphatic heterocycles. The van der Waals surface area contributed by atoms with Gasteiger partial charge in [-0.1, -0.05) is 6.92 Å². The van der Waals surface area contributed by atoms with Gasteiger partial charge in [-0.15, -0.1) is 0 Å². The number of esters is 1. The van der Waals surface area contributed by atoms with Gasteiger partial charge < -0.3 is 30.3 Å². The van der Waals surface area contributed by atoms with E-state index in [-0.39, 0.29) is 5.75 Å². The molecule has 0 bridgehead atoms. The second kappa shape index (κ2) is 6.99. The van der Waals surface area contributed by atoms with Gasteiger partial charge in [0.05, 0.1) is 12.2 Å². The zero-order valence-corrected chi connectivity index (χ0v) is 12.2. The minimum Gasteiger partial charge on any atom is -0.457 e. The normalized spacial score (nSPS) is 37.2. The maximum Gasteiger partial charge on any atom is 0.307 e. The van der Waals surface area contributed by atoms with E-state index in [1.807, 2.05) is 0 Å². The third-order valence-electron chi connectivity index (χ3n) is 3.40. The fraction of sp³-hybridized carbons (Fsp3) is 0.909. The summed E-state index contributed by atoms with van der Waals surface area (Å²) in [6.45, 7) is 1.42. The van der Waals surface area contributed by atoms with Crippen LogP contribution >= 0.6 is 0 Å². The van der Waals surface area contributed by atoms with Gasteiger partial charge in [-0.05, 0) is 0 Å². The van der Waals surface area contributed by atoms with Crippen molar-refractivity contribution >= 4 is 15.8 Å². The van der Waals surface area contributed by atoms with Crippen molar-refractivity contribution in [3.8, 4) is 0 Å². The Morgan fingerprint density at radius 3 is 1.81 bits per heavy atom. The van der Waals surface area contributed by atoms with Crippen molar-refractivity contribution in [2.75, 3.05) is 11.5 Å². The molecule has 0 aromatic carbocycles. The molecule has 0 radical (unpaired) electrons. The zero-order valence-electron chi connectivity index (χ0n) is 11.4. The quantitative estimate of drug-likeness (QED) is 0.323. The van der Waals surface area contributed by atoms with Gasteiger partial charge in [0, 0.05) is 5.75 Å². The molecule has 9 nitrogen and oxygen atoms in total. The Bertz CT molecular complexity index is 446. The number of carbonyl (C=O) groups excluding carboxylic acids is 1. The molecular formula is C11H20O9S. The van der Waals surface area contributed by atoms with Crippen LogP contribution in [0, 0.1) is 0 Å². The standard InChI is InChI=1S/C11H20O9S/c1-2-21(18,19)4-3-5(12)20-11-9(16)7(14)6(13)8(15)10(11)17/h6-11,13-17H,2-4H2,1H3/t6?,7-,8+,9-,10-,11?/m0/s1. The van der Waals surface area contributed by atoms with Gasteiger partial charge in [0.1, 0.15) is 30.5 Å². The number of rotatable bonds is 5. The molecule has 1 saturated carbocycles. The molecule has 1 aliphatic rings. The van der Waals surface area contributed by atoms with Crippen LogP contribution in [0.25, 0.3) is 0 Å². The Labute approximate surface area is 121 Å². The van der Waals surface area contributed by atoms with E-state index in [9.17, 15) is 38.7 Å². The van der Waals surface area contributed by atoms with E-state index in [0.717, 1.165) is 0 Å². The maximum atomic E-state index is 11.5. The lowest BCUT2D eigenvalue weighted by Gasteiger charge is -2.41. The lowest BCUT2D eigenvalue weighted by molar-refractivity contribution is -0.233. The average molecular weight is 328 g/mol. The number of ether oxygens (including phenoxy) is 1. The van der Waals surface area contributed by atoms with Crippen molar-refractivity contribution in [1.29, 1.82) is 0 Å². The summed E-state index contributed by atoms with van der Waals surface area (Å²) in [5, 5.41) is 47.5. The van der Waals surface area contributed by atoms with Crippen molar-refractivity contribution in [2.45, 2.75) is 50.0 Å². The Hall–Kier alpha value is -0.780. The first-order chi connectivity index (χ1) is 9.60. The number of hydrogen-bond acceptors (Lipinski definition) is 9. The lowest BCUT2D eigenvalue weighted by atomic mass is 9.85. The van der Waals surface area contributed by atoms with E-state index in [0.29, 0.717) is 0 Å². The molecule has 1 fully saturated rings. The highest BCUT2D eigenvalue weighted by atomic mass is 32.2. The van der Waals surface area contributed by atoms with E-state index in [1.54, 1.807) is 0 Å². The smallest absolute Gasteiger partial charge is 0.307 e. The molecular weight excluding hydrogens is 308 g/mol. The summed E-state index contributed by atoms with van der Waals surface area (Å²) in [4.78, 5) is 11.5. The second-order valence-electron chi connectivity index (χ2n) is 4.89. The summed E-state index contributed by atoms with van der Waals surface area (Å²) in [5.74, 6) is -1.60. The Kier molecular flexibility index (Phi) is 6.08. The first-order valence-corrected chi connectivity index (χ1v) is 8.23. The largest absolute Gasteiger partial charge is 0.457 e. The highest BCUT2D eigenvalue weighted by molar-refractivity contribution is 7.91. The monoisotopic (exact) mass is 328 g/mol. The number of carbonyl (C=O) groups is 1. The molecule has 5 N–H and O–H groups in total. The summed E-state index contributed by atoms with van der Waals surface area (Å²) in [5.41, 5.74) is 0. The van der Waals surface area contributed by atoms with Crippen LogP contribution in [-0.2, 0) is 19.4 Å². The molecule has 0 aromatic heterocycles. The third kappa shape index (κ3) is 4.34. The van der Waals surface area contributed by atoms with Gasteiger partial charge in [-0.3, -0.25) is 4.79 Å². The van der Waals surface area contributed by atoms with Crippen LogP contribution in [0.15, 0.2) is 0 Å². The SMILES string of the molecule is CCS(=O)(=O)CCC(=O)OC1[C@@H](O)[C@H](O)C(O)[C@H](O)[C@@H]1O. The predicted molar refractivity (Wildman–Crippen MR) is 68.9 cm³/mol. The van der Waals surface area contributed by atoms with Crippen molar-refractivity contribution < 1.29 is 43.5 Å². The van der Waals surface area contributed by atoms with Crippen molar-refractivity contribution in [3.05, 3.63) is 0 Å². The summed E-state index contributed by atoms with van der Waals surface area (Å²) in [6, 6.07) is 0. The first-order valence-electron chi connectivity index (χ1n) is 6.41. The first kappa shape index (κ1) is 18.3. The minimum atomic E-state index is -3.38. The topological polar surface area (TPSA) is 162 Å². The van der Waals surface area contributed by atoms with E-state index in [4.69, 9.17) is 4.74 Å². The lowest BCUT2D eigenvalue weighted by Crippen LogP contribution is -2.64. The molecule has 21 heavy (non-hydrogen) atoms. The van der Waals surface area contributed by atoms with Crippen molar-refractivity contribution in [1.82, 2.24) is 0 Å². The highest BCUT2D eigenvalue weighted by Gasteiger charge is 2.50. The van der Waals surface area contributed by atoms with Crippen LogP contribution < -0.4 is 0 Å². The summed E-state index contributed by atoms with van der Waals surface area (Å²) >= 11 is 0. The van der Waals surface area contributed by atoms with Crippen LogP contribution in [0.2, 0.25) is 0 Å². The summed E-state index contributed by atoms with van der Waals surface area (Å²) in [6.07, 6.45) is -11.1. The molecule has 0 saturated heterocycles. The van der Waals surface area contributed by atoms with E-state index < -0.39 is 64.6 Å². The molecule has 0 heterocycles. The minimum absolute atomic E-state index is 0.140. The van der Waals surface area contributed by atoms with Gasteiger partial charge in [-0.2, -0.15) is 0 Å². The predicted octanol–water partition coefficient (Wildman–Crippen LogP) is -3.46. The van der Waals surface area contributed by atoms with Gasteiger partial charge in [0.2, 0.25) is 0 Å². The third-order valence-corrected chi connectivity index (χ3v) is 5.10. The van der Waals surface area contributed by atoms with Crippen LogP contribution in [0.1, 0.15) is 13.3 Å². The van der Waals surface area contributed by atoms with Gasteiger partial charge in [0.25, 0.3) is 0 Å². The highest BCUT2D eigenvalue weighted by Crippen LogP contribution is 2.24.